The summed E-state index contributed by atoms with van der Waals surface area (Å²) >= 11 is 0.844. The summed E-state index contributed by atoms with van der Waals surface area (Å²) in [5, 5.41) is 3.37. The van der Waals surface area contributed by atoms with Crippen LogP contribution < -0.4 is 10.2 Å². The van der Waals surface area contributed by atoms with Crippen molar-refractivity contribution < 1.29 is 22.3 Å². The third-order valence-corrected chi connectivity index (χ3v) is 4.14. The molecule has 140 valence electrons. The molecule has 5 nitrogen and oxygen atoms in total. The fourth-order valence-electron chi connectivity index (χ4n) is 2.12. The van der Waals surface area contributed by atoms with Crippen molar-refractivity contribution in [3.8, 4) is 17.0 Å². The molecule has 0 aliphatic heterocycles. The number of hydrazone groups is 1. The van der Waals surface area contributed by atoms with Gasteiger partial charge in [0.25, 0.3) is 0 Å². The molecule has 0 bridgehead atoms. The molecule has 10 heteroatoms. The van der Waals surface area contributed by atoms with Gasteiger partial charge in [0.05, 0.1) is 23.9 Å². The maximum absolute atomic E-state index is 13.2. The van der Waals surface area contributed by atoms with Gasteiger partial charge >= 0.3 is 6.18 Å². The number of methoxy groups -OCH3 is 1. The third kappa shape index (κ3) is 4.79. The molecule has 0 atom stereocenters. The van der Waals surface area contributed by atoms with E-state index in [4.69, 9.17) is 4.74 Å². The van der Waals surface area contributed by atoms with Crippen molar-refractivity contribution in [2.75, 3.05) is 12.5 Å². The number of thiophene rings is 1. The van der Waals surface area contributed by atoms with Crippen LogP contribution in [-0.4, -0.2) is 23.3 Å². The Morgan fingerprint density at radius 3 is 2.63 bits per heavy atom. The van der Waals surface area contributed by atoms with Gasteiger partial charge in [-0.1, -0.05) is 12.1 Å². The van der Waals surface area contributed by atoms with E-state index < -0.39 is 17.0 Å². The zero-order valence-electron chi connectivity index (χ0n) is 13.8. The molecule has 0 saturated heterocycles. The second kappa shape index (κ2) is 7.70. The monoisotopic (exact) mass is 396 g/mol. The first-order valence-electron chi connectivity index (χ1n) is 7.50. The second-order valence-electron chi connectivity index (χ2n) is 5.20. The normalized spacial score (nSPS) is 11.7. The minimum absolute atomic E-state index is 0.0519. The van der Waals surface area contributed by atoms with Gasteiger partial charge < -0.3 is 4.74 Å². The number of aromatic nitrogens is 2. The number of hydrogen-bond donors (Lipinski definition) is 1. The number of nitrogens with zero attached hydrogens (tertiary/aromatic N) is 3. The van der Waals surface area contributed by atoms with Crippen LogP contribution in [0.2, 0.25) is 0 Å². The molecule has 0 unspecified atom stereocenters. The highest BCUT2D eigenvalue weighted by molar-refractivity contribution is 7.12. The molecule has 0 saturated carbocycles. The van der Waals surface area contributed by atoms with Crippen LogP contribution in [0, 0.1) is 5.13 Å². The number of anilines is 1. The minimum Gasteiger partial charge on any atom is -0.497 e. The van der Waals surface area contributed by atoms with E-state index in [0.29, 0.717) is 16.2 Å². The van der Waals surface area contributed by atoms with E-state index in [1.165, 1.54) is 25.5 Å². The summed E-state index contributed by atoms with van der Waals surface area (Å²) in [4.78, 5) is 8.00. The highest BCUT2D eigenvalue weighted by atomic mass is 32.1. The van der Waals surface area contributed by atoms with Gasteiger partial charge in [0.2, 0.25) is 5.95 Å². The summed E-state index contributed by atoms with van der Waals surface area (Å²) in [6, 6.07) is 10.1. The predicted molar refractivity (Wildman–Crippen MR) is 94.5 cm³/mol. The predicted octanol–water partition coefficient (Wildman–Crippen LogP) is 4.82. The lowest BCUT2D eigenvalue weighted by Crippen LogP contribution is -2.11. The molecular formula is C17H12F4N4OS. The van der Waals surface area contributed by atoms with Gasteiger partial charge in [-0.05, 0) is 30.3 Å². The summed E-state index contributed by atoms with van der Waals surface area (Å²) in [5.41, 5.74) is 1.72. The van der Waals surface area contributed by atoms with E-state index in [1.54, 1.807) is 24.3 Å². The van der Waals surface area contributed by atoms with Gasteiger partial charge in [-0.15, -0.1) is 11.3 Å². The number of rotatable bonds is 5. The van der Waals surface area contributed by atoms with Crippen molar-refractivity contribution in [2.24, 2.45) is 5.10 Å². The smallest absolute Gasteiger partial charge is 0.433 e. The van der Waals surface area contributed by atoms with Crippen LogP contribution in [-0.2, 0) is 6.18 Å². The quantitative estimate of drug-likeness (QED) is 0.382. The Morgan fingerprint density at radius 2 is 1.96 bits per heavy atom. The molecule has 2 aromatic heterocycles. The van der Waals surface area contributed by atoms with Crippen LogP contribution in [0.5, 0.6) is 5.75 Å². The Labute approximate surface area is 155 Å². The Kier molecular flexibility index (Phi) is 5.36. The van der Waals surface area contributed by atoms with Crippen LogP contribution >= 0.6 is 11.3 Å². The average molecular weight is 396 g/mol. The fourth-order valence-corrected chi connectivity index (χ4v) is 2.73. The molecule has 3 aromatic rings. The van der Waals surface area contributed by atoms with E-state index in [-0.39, 0.29) is 11.6 Å². The number of halogens is 4. The molecule has 0 aliphatic rings. The van der Waals surface area contributed by atoms with E-state index >= 15 is 0 Å². The molecule has 0 aliphatic carbocycles. The van der Waals surface area contributed by atoms with Gasteiger partial charge in [0, 0.05) is 5.56 Å². The van der Waals surface area contributed by atoms with Crippen molar-refractivity contribution in [1.82, 2.24) is 9.97 Å². The third-order valence-electron chi connectivity index (χ3n) is 3.33. The molecule has 1 N–H and O–H groups in total. The molecule has 0 amide bonds. The van der Waals surface area contributed by atoms with E-state index in [1.807, 2.05) is 0 Å². The Balaban J connectivity index is 1.94. The Morgan fingerprint density at radius 1 is 1.15 bits per heavy atom. The summed E-state index contributed by atoms with van der Waals surface area (Å²) in [5.74, 6) is 0.142. The van der Waals surface area contributed by atoms with Gasteiger partial charge in [0.15, 0.2) is 10.8 Å². The Bertz CT molecular complexity index is 972. The maximum atomic E-state index is 13.2. The van der Waals surface area contributed by atoms with Crippen LogP contribution in [0.1, 0.15) is 10.6 Å². The van der Waals surface area contributed by atoms with Crippen molar-refractivity contribution in [1.29, 1.82) is 0 Å². The zero-order valence-corrected chi connectivity index (χ0v) is 14.6. The minimum atomic E-state index is -4.66. The number of nitrogens with one attached hydrogen (secondary N) is 1. The van der Waals surface area contributed by atoms with Crippen LogP contribution in [0.3, 0.4) is 0 Å². The standard InChI is InChI=1S/C17H12F4N4OS/c1-26-11-4-2-3-10(7-11)13-8-14(17(19,20)21)24-16(23-13)25-22-9-12-5-6-15(18)27-12/h2-9H,1H3,(H,23,24,25)/b22-9-. The highest BCUT2D eigenvalue weighted by Crippen LogP contribution is 2.32. The lowest BCUT2D eigenvalue weighted by Gasteiger charge is -2.10. The van der Waals surface area contributed by atoms with E-state index in [9.17, 15) is 17.6 Å². The van der Waals surface area contributed by atoms with Crippen LogP contribution in [0.25, 0.3) is 11.3 Å². The largest absolute Gasteiger partial charge is 0.497 e. The lowest BCUT2D eigenvalue weighted by atomic mass is 10.1. The van der Waals surface area contributed by atoms with Gasteiger partial charge in [0.1, 0.15) is 5.75 Å². The number of hydrogen-bond acceptors (Lipinski definition) is 6. The van der Waals surface area contributed by atoms with Gasteiger partial charge in [-0.2, -0.15) is 22.7 Å². The summed E-state index contributed by atoms with van der Waals surface area (Å²) < 4.78 is 57.6. The lowest BCUT2D eigenvalue weighted by molar-refractivity contribution is -0.141. The number of ether oxygens (including phenoxy) is 1. The Hall–Kier alpha value is -3.01. The summed E-state index contributed by atoms with van der Waals surface area (Å²) in [7, 11) is 1.45. The maximum Gasteiger partial charge on any atom is 0.433 e. The van der Waals surface area contributed by atoms with Crippen LogP contribution in [0.15, 0.2) is 47.6 Å². The SMILES string of the molecule is COc1cccc(-c2cc(C(F)(F)F)nc(N/N=C\c3ccc(F)s3)n2)c1. The number of benzene rings is 1. The first-order valence-corrected chi connectivity index (χ1v) is 8.32. The van der Waals surface area contributed by atoms with Gasteiger partial charge in [-0.25, -0.2) is 15.4 Å². The van der Waals surface area contributed by atoms with E-state index in [0.717, 1.165) is 17.4 Å². The van der Waals surface area contributed by atoms with Crippen molar-refractivity contribution in [3.05, 3.63) is 58.2 Å². The highest BCUT2D eigenvalue weighted by Gasteiger charge is 2.33. The average Bonchev–Trinajstić information content (AvgIpc) is 3.06. The summed E-state index contributed by atoms with van der Waals surface area (Å²) in [6.07, 6.45) is -3.39. The van der Waals surface area contributed by atoms with Crippen molar-refractivity contribution >= 4 is 23.5 Å². The molecule has 0 fully saturated rings. The topological polar surface area (TPSA) is 59.4 Å². The molecule has 27 heavy (non-hydrogen) atoms. The first kappa shape index (κ1) is 18.8. The molecule has 0 radical (unpaired) electrons. The fraction of sp³-hybridized carbons (Fsp3) is 0.118. The first-order chi connectivity index (χ1) is 12.8. The van der Waals surface area contributed by atoms with Crippen molar-refractivity contribution in [3.63, 3.8) is 0 Å². The van der Waals surface area contributed by atoms with Crippen molar-refractivity contribution in [2.45, 2.75) is 6.18 Å². The summed E-state index contributed by atoms with van der Waals surface area (Å²) in [6.45, 7) is 0. The number of alkyl halides is 3. The van der Waals surface area contributed by atoms with Gasteiger partial charge in [-0.3, -0.25) is 0 Å². The zero-order chi connectivity index (χ0) is 19.4. The van der Waals surface area contributed by atoms with Crippen LogP contribution in [0.4, 0.5) is 23.5 Å². The molecule has 1 aromatic carbocycles. The molecular weight excluding hydrogens is 384 g/mol. The molecule has 0 spiro atoms. The van der Waals surface area contributed by atoms with E-state index in [2.05, 4.69) is 20.5 Å². The molecule has 2 heterocycles. The molecule has 3 rings (SSSR count). The second-order valence-corrected chi connectivity index (χ2v) is 6.27.